The third-order valence-corrected chi connectivity index (χ3v) is 5.31. The fourth-order valence-electron chi connectivity index (χ4n) is 2.50. The number of carbonyl (C=O) groups excluding carboxylic acids is 2. The first kappa shape index (κ1) is 19.4. The molecular formula is C19H17ClFN3O2S. The molecule has 1 heterocycles. The summed E-state index contributed by atoms with van der Waals surface area (Å²) in [6.07, 6.45) is -0.0304. The van der Waals surface area contributed by atoms with Gasteiger partial charge in [-0.3, -0.25) is 9.59 Å². The Bertz CT molecular complexity index is 949. The van der Waals surface area contributed by atoms with Gasteiger partial charge in [0.25, 0.3) is 0 Å². The van der Waals surface area contributed by atoms with Crippen molar-refractivity contribution < 1.29 is 14.0 Å². The first-order valence-corrected chi connectivity index (χ1v) is 9.46. The third kappa shape index (κ3) is 4.87. The molecule has 5 nitrogen and oxygen atoms in total. The predicted octanol–water partition coefficient (Wildman–Crippen LogP) is 4.34. The van der Waals surface area contributed by atoms with Crippen molar-refractivity contribution in [1.82, 2.24) is 5.32 Å². The Morgan fingerprint density at radius 2 is 2.07 bits per heavy atom. The highest BCUT2D eigenvalue weighted by Crippen LogP contribution is 2.28. The second-order valence-electron chi connectivity index (χ2n) is 6.18. The van der Waals surface area contributed by atoms with Crippen LogP contribution < -0.4 is 10.6 Å². The molecule has 2 amide bonds. The predicted molar refractivity (Wildman–Crippen MR) is 107 cm³/mol. The van der Waals surface area contributed by atoms with Gasteiger partial charge in [-0.1, -0.05) is 35.5 Å². The molecule has 3 rings (SSSR count). The lowest BCUT2D eigenvalue weighted by molar-refractivity contribution is -0.122. The lowest BCUT2D eigenvalue weighted by atomic mass is 10.1. The second kappa shape index (κ2) is 8.10. The van der Waals surface area contributed by atoms with Crippen molar-refractivity contribution in [3.05, 3.63) is 58.4 Å². The van der Waals surface area contributed by atoms with Crippen LogP contribution in [0.5, 0.6) is 0 Å². The molecule has 0 bridgehead atoms. The van der Waals surface area contributed by atoms with Crippen LogP contribution in [0.15, 0.2) is 41.4 Å². The van der Waals surface area contributed by atoms with Crippen LogP contribution in [0.4, 0.5) is 15.8 Å². The molecule has 1 atom stereocenters. The summed E-state index contributed by atoms with van der Waals surface area (Å²) in [5.41, 5.74) is 3.23. The van der Waals surface area contributed by atoms with Crippen LogP contribution in [-0.2, 0) is 9.59 Å². The molecule has 1 aliphatic rings. The SMILES string of the molecule is Cc1ccc(C)c(N=C2NC(=O)[C@H](CC(=O)Nc3ccc(F)c(Cl)c3)S2)c1. The van der Waals surface area contributed by atoms with Crippen molar-refractivity contribution in [3.63, 3.8) is 0 Å². The minimum atomic E-state index is -0.579. The lowest BCUT2D eigenvalue weighted by Crippen LogP contribution is -2.28. The number of thioether (sulfide) groups is 1. The third-order valence-electron chi connectivity index (χ3n) is 3.94. The summed E-state index contributed by atoms with van der Waals surface area (Å²) in [4.78, 5) is 28.8. The maximum atomic E-state index is 13.2. The van der Waals surface area contributed by atoms with Gasteiger partial charge in [0.2, 0.25) is 11.8 Å². The number of anilines is 1. The molecule has 1 fully saturated rings. The summed E-state index contributed by atoms with van der Waals surface area (Å²) in [5, 5.41) is 5.13. The van der Waals surface area contributed by atoms with Crippen molar-refractivity contribution in [2.45, 2.75) is 25.5 Å². The van der Waals surface area contributed by atoms with E-state index in [1.54, 1.807) is 0 Å². The molecule has 2 aromatic carbocycles. The van der Waals surface area contributed by atoms with E-state index < -0.39 is 11.1 Å². The number of amides is 2. The highest BCUT2D eigenvalue weighted by Gasteiger charge is 2.32. The Morgan fingerprint density at radius 1 is 1.30 bits per heavy atom. The van der Waals surface area contributed by atoms with Crippen LogP contribution >= 0.6 is 23.4 Å². The molecule has 0 saturated carbocycles. The van der Waals surface area contributed by atoms with Gasteiger partial charge in [0.05, 0.1) is 10.7 Å². The average molecular weight is 406 g/mol. The summed E-state index contributed by atoms with van der Waals surface area (Å²) in [6, 6.07) is 9.80. The van der Waals surface area contributed by atoms with Crippen LogP contribution in [0.1, 0.15) is 17.5 Å². The fraction of sp³-hybridized carbons (Fsp3) is 0.211. The summed E-state index contributed by atoms with van der Waals surface area (Å²) in [6.45, 7) is 3.91. The number of nitrogens with zero attached hydrogens (tertiary/aromatic N) is 1. The highest BCUT2D eigenvalue weighted by molar-refractivity contribution is 8.15. The van der Waals surface area contributed by atoms with Gasteiger partial charge in [-0.25, -0.2) is 9.38 Å². The summed E-state index contributed by atoms with van der Waals surface area (Å²) in [5.74, 6) is -1.19. The molecule has 0 spiro atoms. The first-order chi connectivity index (χ1) is 12.8. The van der Waals surface area contributed by atoms with Crippen LogP contribution in [0, 0.1) is 19.7 Å². The van der Waals surface area contributed by atoms with Gasteiger partial charge in [0.15, 0.2) is 5.17 Å². The Morgan fingerprint density at radius 3 is 2.81 bits per heavy atom. The average Bonchev–Trinajstić information content (AvgIpc) is 2.93. The number of halogens is 2. The van der Waals surface area contributed by atoms with Crippen molar-refractivity contribution >= 4 is 51.7 Å². The zero-order chi connectivity index (χ0) is 19.6. The van der Waals surface area contributed by atoms with Crippen molar-refractivity contribution in [3.8, 4) is 0 Å². The summed E-state index contributed by atoms with van der Waals surface area (Å²) >= 11 is 6.92. The molecule has 27 heavy (non-hydrogen) atoms. The smallest absolute Gasteiger partial charge is 0.240 e. The van der Waals surface area contributed by atoms with Crippen molar-refractivity contribution in [2.75, 3.05) is 5.32 Å². The second-order valence-corrected chi connectivity index (χ2v) is 7.78. The molecule has 0 aliphatic carbocycles. The molecule has 140 valence electrons. The van der Waals surface area contributed by atoms with E-state index in [2.05, 4.69) is 15.6 Å². The molecule has 2 N–H and O–H groups in total. The van der Waals surface area contributed by atoms with E-state index >= 15 is 0 Å². The van der Waals surface area contributed by atoms with Gasteiger partial charge in [0.1, 0.15) is 11.1 Å². The number of benzene rings is 2. The van der Waals surface area contributed by atoms with Gasteiger partial charge < -0.3 is 10.6 Å². The number of hydrogen-bond acceptors (Lipinski definition) is 4. The number of aliphatic imine (C=N–C) groups is 1. The molecule has 0 radical (unpaired) electrons. The van der Waals surface area contributed by atoms with Crippen LogP contribution in [0.3, 0.4) is 0 Å². The highest BCUT2D eigenvalue weighted by atomic mass is 35.5. The van der Waals surface area contributed by atoms with E-state index in [-0.39, 0.29) is 23.3 Å². The maximum Gasteiger partial charge on any atom is 0.240 e. The molecule has 1 aliphatic heterocycles. The van der Waals surface area contributed by atoms with Crippen molar-refractivity contribution in [2.24, 2.45) is 4.99 Å². The molecule has 0 aromatic heterocycles. The van der Waals surface area contributed by atoms with E-state index in [4.69, 9.17) is 11.6 Å². The monoisotopic (exact) mass is 405 g/mol. The minimum Gasteiger partial charge on any atom is -0.326 e. The quantitative estimate of drug-likeness (QED) is 0.794. The number of nitrogens with one attached hydrogen (secondary N) is 2. The first-order valence-electron chi connectivity index (χ1n) is 8.20. The van der Waals surface area contributed by atoms with Crippen LogP contribution in [0.2, 0.25) is 5.02 Å². The summed E-state index contributed by atoms with van der Waals surface area (Å²) < 4.78 is 13.2. The maximum absolute atomic E-state index is 13.2. The van der Waals surface area contributed by atoms with Gasteiger partial charge in [-0.15, -0.1) is 0 Å². The van der Waals surface area contributed by atoms with E-state index in [1.807, 2.05) is 32.0 Å². The number of carbonyl (C=O) groups is 2. The van der Waals surface area contributed by atoms with Crippen LogP contribution in [-0.4, -0.2) is 22.2 Å². The normalized spacial score (nSPS) is 17.9. The molecule has 0 unspecified atom stereocenters. The number of rotatable bonds is 4. The minimum absolute atomic E-state index is 0.0304. The fourth-order valence-corrected chi connectivity index (χ4v) is 3.66. The molecule has 2 aromatic rings. The number of aryl methyl sites for hydroxylation is 2. The number of amidine groups is 1. The lowest BCUT2D eigenvalue weighted by Gasteiger charge is -2.08. The number of hydrogen-bond donors (Lipinski definition) is 2. The zero-order valence-electron chi connectivity index (χ0n) is 14.7. The van der Waals surface area contributed by atoms with E-state index in [9.17, 15) is 14.0 Å². The van der Waals surface area contributed by atoms with Crippen LogP contribution in [0.25, 0.3) is 0 Å². The molecule has 8 heteroatoms. The van der Waals surface area contributed by atoms with E-state index in [0.29, 0.717) is 10.9 Å². The van der Waals surface area contributed by atoms with Gasteiger partial charge in [0, 0.05) is 12.1 Å². The Hall–Kier alpha value is -2.38. The standard InChI is InChI=1S/C19H17ClFN3O2S/c1-10-3-4-11(2)15(7-10)23-19-24-18(26)16(27-19)9-17(25)22-12-5-6-14(21)13(20)8-12/h3-8,16H,9H2,1-2H3,(H,22,25)(H,23,24,26)/t16-/m0/s1. The molecular weight excluding hydrogens is 389 g/mol. The molecule has 1 saturated heterocycles. The zero-order valence-corrected chi connectivity index (χ0v) is 16.2. The van der Waals surface area contributed by atoms with Gasteiger partial charge in [-0.2, -0.15) is 0 Å². The Kier molecular flexibility index (Phi) is 5.82. The van der Waals surface area contributed by atoms with Crippen molar-refractivity contribution in [1.29, 1.82) is 0 Å². The Balaban J connectivity index is 1.65. The Labute approximate surface area is 165 Å². The van der Waals surface area contributed by atoms with E-state index in [0.717, 1.165) is 16.8 Å². The van der Waals surface area contributed by atoms with Gasteiger partial charge in [-0.05, 0) is 49.2 Å². The topological polar surface area (TPSA) is 70.6 Å². The van der Waals surface area contributed by atoms with Gasteiger partial charge >= 0.3 is 0 Å². The largest absolute Gasteiger partial charge is 0.326 e. The summed E-state index contributed by atoms with van der Waals surface area (Å²) in [7, 11) is 0. The van der Waals surface area contributed by atoms with E-state index in [1.165, 1.54) is 30.0 Å².